The normalized spacial score (nSPS) is 12.6. The lowest BCUT2D eigenvalue weighted by Crippen LogP contribution is -2.52. The molecule has 2 heterocycles. The van der Waals surface area contributed by atoms with Crippen molar-refractivity contribution in [1.29, 1.82) is 0 Å². The van der Waals surface area contributed by atoms with Gasteiger partial charge in [0, 0.05) is 33.2 Å². The minimum absolute atomic E-state index is 0.189. The Bertz CT molecular complexity index is 1010. The van der Waals surface area contributed by atoms with Gasteiger partial charge in [0.15, 0.2) is 0 Å². The van der Waals surface area contributed by atoms with E-state index in [2.05, 4.69) is 0 Å². The van der Waals surface area contributed by atoms with E-state index in [0.29, 0.717) is 18.8 Å². The first-order valence-electron chi connectivity index (χ1n) is 10.4. The van der Waals surface area contributed by atoms with Gasteiger partial charge in [0.25, 0.3) is 0 Å². The Kier molecular flexibility index (Phi) is 8.56. The van der Waals surface area contributed by atoms with Crippen LogP contribution in [-0.2, 0) is 17.9 Å². The quantitative estimate of drug-likeness (QED) is 0.290. The molecular weight excluding hydrogens is 462 g/mol. The van der Waals surface area contributed by atoms with Gasteiger partial charge in [-0.2, -0.15) is 0 Å². The Morgan fingerprint density at radius 1 is 1.00 bits per heavy atom. The van der Waals surface area contributed by atoms with Gasteiger partial charge in [-0.05, 0) is 35.0 Å². The number of benzene rings is 1. The fourth-order valence-corrected chi connectivity index (χ4v) is 5.03. The molecular formula is C23H25N3O5S2. The maximum Gasteiger partial charge on any atom is 0.412 e. The summed E-state index contributed by atoms with van der Waals surface area (Å²) in [4.78, 5) is 41.9. The zero-order valence-electron chi connectivity index (χ0n) is 18.1. The van der Waals surface area contributed by atoms with Gasteiger partial charge in [0.2, 0.25) is 11.9 Å². The number of nitrogens with zero attached hydrogens (tertiary/aromatic N) is 3. The molecule has 0 aliphatic carbocycles. The van der Waals surface area contributed by atoms with Crippen molar-refractivity contribution in [2.75, 3.05) is 4.90 Å². The first-order valence-corrected chi connectivity index (χ1v) is 12.2. The second-order valence-corrected chi connectivity index (χ2v) is 9.50. The van der Waals surface area contributed by atoms with E-state index in [1.54, 1.807) is 42.2 Å². The van der Waals surface area contributed by atoms with E-state index in [0.717, 1.165) is 14.7 Å². The summed E-state index contributed by atoms with van der Waals surface area (Å²) in [5.74, 6) is -0.455. The van der Waals surface area contributed by atoms with Crippen LogP contribution >= 0.6 is 22.7 Å². The Labute approximate surface area is 199 Å². The Hall–Kier alpha value is -3.24. The number of carbonyl (C=O) groups is 2. The lowest BCUT2D eigenvalue weighted by Gasteiger charge is -2.33. The van der Waals surface area contributed by atoms with Crippen molar-refractivity contribution in [3.05, 3.63) is 85.2 Å². The average molecular weight is 488 g/mol. The highest BCUT2D eigenvalue weighted by molar-refractivity contribution is 7.10. The molecule has 2 aromatic heterocycles. The van der Waals surface area contributed by atoms with Crippen molar-refractivity contribution in [2.45, 2.75) is 44.9 Å². The van der Waals surface area contributed by atoms with Gasteiger partial charge < -0.3 is 10.0 Å². The van der Waals surface area contributed by atoms with Crippen molar-refractivity contribution < 1.29 is 19.6 Å². The molecule has 2 atom stereocenters. The molecule has 1 aromatic carbocycles. The standard InChI is InChI=1S/C23H25N3O5S2/c1-2-17(26(30)31)14-21(25(23(28)29)18-8-4-3-5-9-18)22(27)24(15-19-10-6-12-32-19)16-20-11-7-13-33-20/h3-13,17,21H,2,14-16H2,1H3,(H,28,29)/t17?,21-/m0/s1. The second-order valence-electron chi connectivity index (χ2n) is 7.44. The van der Waals surface area contributed by atoms with E-state index >= 15 is 0 Å². The molecule has 0 saturated carbocycles. The summed E-state index contributed by atoms with van der Waals surface area (Å²) in [6.45, 7) is 2.25. The summed E-state index contributed by atoms with van der Waals surface area (Å²) in [7, 11) is 0. The summed E-state index contributed by atoms with van der Waals surface area (Å²) in [6, 6.07) is 13.6. The van der Waals surface area contributed by atoms with Gasteiger partial charge in [0.05, 0.1) is 13.1 Å². The molecule has 0 saturated heterocycles. The van der Waals surface area contributed by atoms with Crippen LogP contribution < -0.4 is 4.90 Å². The highest BCUT2D eigenvalue weighted by atomic mass is 32.1. The van der Waals surface area contributed by atoms with E-state index in [4.69, 9.17) is 0 Å². The van der Waals surface area contributed by atoms with Crippen molar-refractivity contribution in [3.63, 3.8) is 0 Å². The van der Waals surface area contributed by atoms with Crippen LogP contribution in [0, 0.1) is 10.1 Å². The lowest BCUT2D eigenvalue weighted by molar-refractivity contribution is -0.523. The van der Waals surface area contributed by atoms with Crippen LogP contribution in [0.1, 0.15) is 29.5 Å². The SMILES string of the molecule is CCC(C[C@@H](C(=O)N(Cc1cccs1)Cc1cccs1)N(C(=O)O)c1ccccc1)[N+](=O)[O-]. The Morgan fingerprint density at radius 2 is 1.58 bits per heavy atom. The summed E-state index contributed by atoms with van der Waals surface area (Å²) >= 11 is 3.00. The average Bonchev–Trinajstić information content (AvgIpc) is 3.50. The zero-order chi connectivity index (χ0) is 23.8. The molecule has 2 amide bonds. The van der Waals surface area contributed by atoms with Crippen molar-refractivity contribution in [1.82, 2.24) is 4.90 Å². The Balaban J connectivity index is 2.01. The Morgan fingerprint density at radius 3 is 2.00 bits per heavy atom. The number of carboxylic acid groups (broad SMARTS) is 1. The predicted octanol–water partition coefficient (Wildman–Crippen LogP) is 5.34. The third kappa shape index (κ3) is 6.39. The summed E-state index contributed by atoms with van der Waals surface area (Å²) in [5, 5.41) is 25.5. The monoisotopic (exact) mass is 487 g/mol. The summed E-state index contributed by atoms with van der Waals surface area (Å²) in [6.07, 6.45) is -1.35. The fourth-order valence-electron chi connectivity index (χ4n) is 3.59. The van der Waals surface area contributed by atoms with E-state index < -0.39 is 29.0 Å². The topological polar surface area (TPSA) is 104 Å². The first-order chi connectivity index (χ1) is 15.9. The molecule has 10 heteroatoms. The van der Waals surface area contributed by atoms with Gasteiger partial charge in [-0.15, -0.1) is 22.7 Å². The maximum absolute atomic E-state index is 13.9. The first kappa shape index (κ1) is 24.4. The van der Waals surface area contributed by atoms with Gasteiger partial charge in [-0.25, -0.2) is 4.79 Å². The number of hydrogen-bond donors (Lipinski definition) is 1. The van der Waals surface area contributed by atoms with E-state index in [-0.39, 0.29) is 12.8 Å². The van der Waals surface area contributed by atoms with Crippen LogP contribution in [0.3, 0.4) is 0 Å². The van der Waals surface area contributed by atoms with Crippen LogP contribution in [0.15, 0.2) is 65.4 Å². The number of amides is 2. The number of anilines is 1. The van der Waals surface area contributed by atoms with Crippen LogP contribution in [0.2, 0.25) is 0 Å². The third-order valence-corrected chi connectivity index (χ3v) is 6.99. The second kappa shape index (κ2) is 11.6. The van der Waals surface area contributed by atoms with E-state index in [1.165, 1.54) is 22.7 Å². The van der Waals surface area contributed by atoms with Crippen molar-refractivity contribution in [3.8, 4) is 0 Å². The number of para-hydroxylation sites is 1. The van der Waals surface area contributed by atoms with E-state index in [1.807, 2.05) is 35.0 Å². The van der Waals surface area contributed by atoms with Gasteiger partial charge in [0.1, 0.15) is 6.04 Å². The highest BCUT2D eigenvalue weighted by Crippen LogP contribution is 2.25. The van der Waals surface area contributed by atoms with Crippen molar-refractivity contribution >= 4 is 40.4 Å². The highest BCUT2D eigenvalue weighted by Gasteiger charge is 2.38. The molecule has 0 aliphatic rings. The predicted molar refractivity (Wildman–Crippen MR) is 129 cm³/mol. The third-order valence-electron chi connectivity index (χ3n) is 5.27. The summed E-state index contributed by atoms with van der Waals surface area (Å²) in [5.41, 5.74) is 0.300. The molecule has 1 unspecified atom stereocenters. The van der Waals surface area contributed by atoms with Gasteiger partial charge in [-0.1, -0.05) is 37.3 Å². The molecule has 0 bridgehead atoms. The molecule has 3 rings (SSSR count). The summed E-state index contributed by atoms with van der Waals surface area (Å²) < 4.78 is 0. The van der Waals surface area contributed by atoms with Crippen LogP contribution in [0.5, 0.6) is 0 Å². The lowest BCUT2D eigenvalue weighted by atomic mass is 10.0. The van der Waals surface area contributed by atoms with Crippen LogP contribution in [-0.4, -0.2) is 39.0 Å². The zero-order valence-corrected chi connectivity index (χ0v) is 19.7. The van der Waals surface area contributed by atoms with Gasteiger partial charge in [-0.3, -0.25) is 19.8 Å². The number of nitro groups is 1. The fraction of sp³-hybridized carbons (Fsp3) is 0.304. The minimum Gasteiger partial charge on any atom is -0.465 e. The van der Waals surface area contributed by atoms with Crippen molar-refractivity contribution in [2.24, 2.45) is 0 Å². The number of carbonyl (C=O) groups excluding carboxylic acids is 1. The number of hydrogen-bond acceptors (Lipinski definition) is 6. The smallest absolute Gasteiger partial charge is 0.412 e. The van der Waals surface area contributed by atoms with Crippen LogP contribution in [0.4, 0.5) is 10.5 Å². The van der Waals surface area contributed by atoms with Gasteiger partial charge >= 0.3 is 6.09 Å². The van der Waals surface area contributed by atoms with Crippen LogP contribution in [0.25, 0.3) is 0 Å². The molecule has 0 radical (unpaired) electrons. The maximum atomic E-state index is 13.9. The molecule has 3 aromatic rings. The molecule has 0 aliphatic heterocycles. The largest absolute Gasteiger partial charge is 0.465 e. The molecule has 0 spiro atoms. The minimum atomic E-state index is -1.33. The molecule has 1 N–H and O–H groups in total. The molecule has 0 fully saturated rings. The number of thiophene rings is 2. The number of rotatable bonds is 11. The molecule has 8 nitrogen and oxygen atoms in total. The van der Waals surface area contributed by atoms with E-state index in [9.17, 15) is 24.8 Å². The molecule has 33 heavy (non-hydrogen) atoms. The molecule has 174 valence electrons.